The van der Waals surface area contributed by atoms with Gasteiger partial charge in [-0.05, 0) is 13.0 Å². The maximum absolute atomic E-state index is 10.6. The molecule has 0 radical (unpaired) electrons. The molecule has 1 rings (SSSR count). The average molecular weight is 211 g/mol. The summed E-state index contributed by atoms with van der Waals surface area (Å²) in [6, 6.07) is 1.67. The van der Waals surface area contributed by atoms with E-state index in [1.54, 1.807) is 19.2 Å². The first-order valence-electron chi connectivity index (χ1n) is 4.42. The minimum atomic E-state index is -1.00. The first-order valence-corrected chi connectivity index (χ1v) is 4.42. The summed E-state index contributed by atoms with van der Waals surface area (Å²) in [4.78, 5) is 18.6. The largest absolute Gasteiger partial charge is 0.479 e. The minimum Gasteiger partial charge on any atom is -0.479 e. The molecule has 15 heavy (non-hydrogen) atoms. The van der Waals surface area contributed by atoms with Crippen LogP contribution in [0.4, 0.5) is 5.82 Å². The Morgan fingerprint density at radius 3 is 3.00 bits per heavy atom. The second-order valence-electron chi connectivity index (χ2n) is 2.93. The highest BCUT2D eigenvalue weighted by molar-refractivity contribution is 5.73. The lowest BCUT2D eigenvalue weighted by molar-refractivity contribution is -0.147. The first kappa shape index (κ1) is 11.4. The molecule has 0 bridgehead atoms. The van der Waals surface area contributed by atoms with Gasteiger partial charge in [0.25, 0.3) is 0 Å². The van der Waals surface area contributed by atoms with Gasteiger partial charge in [0.05, 0.1) is 6.54 Å². The summed E-state index contributed by atoms with van der Waals surface area (Å²) >= 11 is 0. The molecule has 0 spiro atoms. The van der Waals surface area contributed by atoms with Gasteiger partial charge in [-0.2, -0.15) is 0 Å². The third-order valence-electron chi connectivity index (χ3n) is 1.80. The molecule has 0 saturated heterocycles. The van der Waals surface area contributed by atoms with Gasteiger partial charge in [0, 0.05) is 13.3 Å². The zero-order valence-electron chi connectivity index (χ0n) is 8.60. The number of aryl methyl sites for hydroxylation is 1. The smallest absolute Gasteiger partial charge is 0.334 e. The molecule has 2 N–H and O–H groups in total. The molecule has 6 nitrogen and oxygen atoms in total. The van der Waals surface area contributed by atoms with Crippen LogP contribution in [-0.2, 0) is 9.53 Å². The van der Waals surface area contributed by atoms with Crippen molar-refractivity contribution in [2.45, 2.75) is 13.0 Å². The van der Waals surface area contributed by atoms with Crippen LogP contribution < -0.4 is 5.32 Å². The zero-order chi connectivity index (χ0) is 11.3. The molecule has 0 saturated carbocycles. The van der Waals surface area contributed by atoms with E-state index in [0.717, 1.165) is 0 Å². The predicted octanol–water partition coefficient (Wildman–Crippen LogP) is 0.297. The Bertz CT molecular complexity index is 343. The number of nitrogens with zero attached hydrogens (tertiary/aromatic N) is 2. The van der Waals surface area contributed by atoms with Crippen molar-refractivity contribution in [1.29, 1.82) is 0 Å². The van der Waals surface area contributed by atoms with Crippen LogP contribution in [-0.4, -0.2) is 40.8 Å². The van der Waals surface area contributed by atoms with Gasteiger partial charge in [-0.25, -0.2) is 14.8 Å². The Labute approximate surface area is 87.3 Å². The molecule has 1 unspecified atom stereocenters. The summed E-state index contributed by atoms with van der Waals surface area (Å²) in [6.45, 7) is 1.93. The predicted molar refractivity (Wildman–Crippen MR) is 53.7 cm³/mol. The summed E-state index contributed by atoms with van der Waals surface area (Å²) in [5.41, 5.74) is 0. The molecular weight excluding hydrogens is 198 g/mol. The molecule has 6 heteroatoms. The van der Waals surface area contributed by atoms with Gasteiger partial charge < -0.3 is 15.2 Å². The van der Waals surface area contributed by atoms with Crippen molar-refractivity contribution in [3.8, 4) is 0 Å². The number of carboxylic acids is 1. The lowest BCUT2D eigenvalue weighted by Gasteiger charge is -2.11. The first-order chi connectivity index (χ1) is 7.13. The van der Waals surface area contributed by atoms with Crippen molar-refractivity contribution < 1.29 is 14.6 Å². The number of carboxylic acid groups (broad SMARTS) is 1. The summed E-state index contributed by atoms with van der Waals surface area (Å²) in [7, 11) is 1.35. The number of ether oxygens (including phenoxy) is 1. The van der Waals surface area contributed by atoms with Crippen LogP contribution in [0.25, 0.3) is 0 Å². The van der Waals surface area contributed by atoms with Gasteiger partial charge in [0.1, 0.15) is 11.6 Å². The molecular formula is C9H13N3O3. The molecule has 82 valence electrons. The van der Waals surface area contributed by atoms with E-state index >= 15 is 0 Å². The van der Waals surface area contributed by atoms with Gasteiger partial charge in [-0.3, -0.25) is 0 Å². The lowest BCUT2D eigenvalue weighted by atomic mass is 10.3. The Morgan fingerprint density at radius 2 is 2.47 bits per heavy atom. The van der Waals surface area contributed by atoms with Crippen LogP contribution in [0.3, 0.4) is 0 Å². The lowest BCUT2D eigenvalue weighted by Crippen LogP contribution is -2.30. The maximum atomic E-state index is 10.6. The average Bonchev–Trinajstić information content (AvgIpc) is 2.18. The van der Waals surface area contributed by atoms with Crippen molar-refractivity contribution in [2.24, 2.45) is 0 Å². The topological polar surface area (TPSA) is 84.3 Å². The Hall–Kier alpha value is -1.69. The normalized spacial score (nSPS) is 12.1. The van der Waals surface area contributed by atoms with Crippen LogP contribution in [0.15, 0.2) is 12.3 Å². The van der Waals surface area contributed by atoms with Crippen LogP contribution in [0, 0.1) is 6.92 Å². The van der Waals surface area contributed by atoms with Crippen molar-refractivity contribution in [3.05, 3.63) is 18.1 Å². The monoisotopic (exact) mass is 211 g/mol. The molecule has 1 aromatic rings. The SMILES string of the molecule is COC(CNc1ccnc(C)n1)C(=O)O. The molecule has 1 heterocycles. The summed E-state index contributed by atoms with van der Waals surface area (Å²) in [5, 5.41) is 11.6. The second-order valence-corrected chi connectivity index (χ2v) is 2.93. The third kappa shape index (κ3) is 3.51. The molecule has 0 aromatic carbocycles. The van der Waals surface area contributed by atoms with E-state index in [2.05, 4.69) is 15.3 Å². The number of aromatic nitrogens is 2. The third-order valence-corrected chi connectivity index (χ3v) is 1.80. The molecule has 0 aliphatic rings. The Balaban J connectivity index is 2.52. The van der Waals surface area contributed by atoms with Gasteiger partial charge in [0.15, 0.2) is 6.10 Å². The van der Waals surface area contributed by atoms with E-state index in [1.807, 2.05) is 0 Å². The Kier molecular flexibility index (Phi) is 3.99. The number of aliphatic carboxylic acids is 1. The van der Waals surface area contributed by atoms with Crippen molar-refractivity contribution >= 4 is 11.8 Å². The number of nitrogens with one attached hydrogen (secondary N) is 1. The van der Waals surface area contributed by atoms with E-state index < -0.39 is 12.1 Å². The van der Waals surface area contributed by atoms with Crippen LogP contribution in [0.2, 0.25) is 0 Å². The van der Waals surface area contributed by atoms with Crippen LogP contribution >= 0.6 is 0 Å². The van der Waals surface area contributed by atoms with Gasteiger partial charge in [-0.15, -0.1) is 0 Å². The van der Waals surface area contributed by atoms with Crippen molar-refractivity contribution in [2.75, 3.05) is 19.0 Å². The zero-order valence-corrected chi connectivity index (χ0v) is 8.60. The van der Waals surface area contributed by atoms with E-state index in [0.29, 0.717) is 11.6 Å². The molecule has 0 fully saturated rings. The fourth-order valence-corrected chi connectivity index (χ4v) is 1.02. The van der Waals surface area contributed by atoms with E-state index in [-0.39, 0.29) is 6.54 Å². The molecule has 1 atom stereocenters. The number of methoxy groups -OCH3 is 1. The number of carbonyl (C=O) groups is 1. The summed E-state index contributed by atoms with van der Waals surface area (Å²) in [6.07, 6.45) is 0.730. The highest BCUT2D eigenvalue weighted by Gasteiger charge is 2.15. The van der Waals surface area contributed by atoms with E-state index in [1.165, 1.54) is 7.11 Å². The minimum absolute atomic E-state index is 0.169. The fraction of sp³-hybridized carbons (Fsp3) is 0.444. The standard InChI is InChI=1S/C9H13N3O3/c1-6-10-4-3-8(12-6)11-5-7(15-2)9(13)14/h3-4,7H,5H2,1-2H3,(H,13,14)(H,10,11,12). The van der Waals surface area contributed by atoms with Crippen molar-refractivity contribution in [1.82, 2.24) is 9.97 Å². The maximum Gasteiger partial charge on any atom is 0.334 e. The van der Waals surface area contributed by atoms with Crippen LogP contribution in [0.5, 0.6) is 0 Å². The van der Waals surface area contributed by atoms with Gasteiger partial charge >= 0.3 is 5.97 Å². The van der Waals surface area contributed by atoms with Crippen LogP contribution in [0.1, 0.15) is 5.82 Å². The summed E-state index contributed by atoms with van der Waals surface area (Å²) < 4.78 is 4.76. The molecule has 0 amide bonds. The highest BCUT2D eigenvalue weighted by atomic mass is 16.5. The second kappa shape index (κ2) is 5.26. The molecule has 0 aliphatic carbocycles. The highest BCUT2D eigenvalue weighted by Crippen LogP contribution is 2.01. The molecule has 0 aliphatic heterocycles. The van der Waals surface area contributed by atoms with E-state index in [9.17, 15) is 4.79 Å². The number of anilines is 1. The fourth-order valence-electron chi connectivity index (χ4n) is 1.02. The van der Waals surface area contributed by atoms with Gasteiger partial charge in [-0.1, -0.05) is 0 Å². The Morgan fingerprint density at radius 1 is 1.73 bits per heavy atom. The molecule has 1 aromatic heterocycles. The number of hydrogen-bond acceptors (Lipinski definition) is 5. The number of hydrogen-bond donors (Lipinski definition) is 2. The van der Waals surface area contributed by atoms with E-state index in [4.69, 9.17) is 9.84 Å². The van der Waals surface area contributed by atoms with Gasteiger partial charge in [0.2, 0.25) is 0 Å². The summed E-state index contributed by atoms with van der Waals surface area (Å²) in [5.74, 6) is 0.214. The van der Waals surface area contributed by atoms with Crippen molar-refractivity contribution in [3.63, 3.8) is 0 Å². The quantitative estimate of drug-likeness (QED) is 0.728. The number of rotatable bonds is 5.